The zero-order chi connectivity index (χ0) is 10.8. The van der Waals surface area contributed by atoms with Crippen molar-refractivity contribution in [3.05, 3.63) is 35.3 Å². The Hall–Kier alpha value is -1.55. The molecular weight excluding hydrogens is 218 g/mol. The van der Waals surface area contributed by atoms with E-state index in [1.54, 1.807) is 11.3 Å². The van der Waals surface area contributed by atoms with Crippen molar-refractivity contribution in [1.82, 2.24) is 4.98 Å². The molecule has 0 saturated carbocycles. The average Bonchev–Trinajstić information content (AvgIpc) is 2.82. The highest BCUT2D eigenvalue weighted by Crippen LogP contribution is 2.27. The van der Waals surface area contributed by atoms with Crippen LogP contribution >= 0.6 is 11.3 Å². The number of aryl methyl sites for hydroxylation is 1. The zero-order valence-corrected chi connectivity index (χ0v) is 9.68. The van der Waals surface area contributed by atoms with Gasteiger partial charge in [-0.25, -0.2) is 4.98 Å². The Morgan fingerprint density at radius 1 is 1.38 bits per heavy atom. The molecule has 0 spiro atoms. The molecule has 0 atom stereocenters. The van der Waals surface area contributed by atoms with Crippen molar-refractivity contribution in [2.45, 2.75) is 12.8 Å². The minimum absolute atomic E-state index is 0.948. The summed E-state index contributed by atoms with van der Waals surface area (Å²) in [6, 6.07) is 6.45. The first-order valence-electron chi connectivity index (χ1n) is 5.45. The fourth-order valence-corrected chi connectivity index (χ4v) is 2.51. The Morgan fingerprint density at radius 3 is 3.25 bits per heavy atom. The number of fused-ring (bicyclic) bond motifs is 1. The molecule has 0 unspecified atom stereocenters. The van der Waals surface area contributed by atoms with Gasteiger partial charge >= 0.3 is 0 Å². The normalized spacial score (nSPS) is 14.0. The average molecular weight is 231 g/mol. The molecule has 3 nitrogen and oxygen atoms in total. The highest BCUT2D eigenvalue weighted by Gasteiger charge is 2.08. The lowest BCUT2D eigenvalue weighted by Gasteiger charge is -2.18. The number of nitrogens with zero attached hydrogens (tertiary/aromatic N) is 1. The maximum atomic E-state index is 4.22. The Morgan fingerprint density at radius 2 is 2.38 bits per heavy atom. The fraction of sp³-hybridized carbons (Fsp3) is 0.250. The van der Waals surface area contributed by atoms with Gasteiger partial charge in [0, 0.05) is 29.5 Å². The van der Waals surface area contributed by atoms with Crippen molar-refractivity contribution in [3.63, 3.8) is 0 Å². The quantitative estimate of drug-likeness (QED) is 0.833. The van der Waals surface area contributed by atoms with Crippen LogP contribution in [-0.4, -0.2) is 11.5 Å². The van der Waals surface area contributed by atoms with Crippen molar-refractivity contribution >= 4 is 27.8 Å². The first-order chi connectivity index (χ1) is 7.92. The summed E-state index contributed by atoms with van der Waals surface area (Å²) in [7, 11) is 0. The van der Waals surface area contributed by atoms with Crippen LogP contribution in [0.15, 0.2) is 29.8 Å². The molecule has 1 aliphatic heterocycles. The van der Waals surface area contributed by atoms with Crippen LogP contribution in [0.5, 0.6) is 0 Å². The second-order valence-electron chi connectivity index (χ2n) is 3.86. The lowest BCUT2D eigenvalue weighted by Crippen LogP contribution is -2.11. The van der Waals surface area contributed by atoms with Crippen LogP contribution in [0, 0.1) is 0 Å². The fourth-order valence-electron chi connectivity index (χ4n) is 1.96. The number of rotatable bonds is 2. The van der Waals surface area contributed by atoms with E-state index in [1.165, 1.54) is 17.7 Å². The number of nitrogens with one attached hydrogen (secondary N) is 2. The van der Waals surface area contributed by atoms with Gasteiger partial charge in [-0.3, -0.25) is 0 Å². The lowest BCUT2D eigenvalue weighted by atomic mass is 10.0. The van der Waals surface area contributed by atoms with E-state index >= 15 is 0 Å². The minimum Gasteiger partial charge on any atom is -0.385 e. The Bertz CT molecular complexity index is 479. The van der Waals surface area contributed by atoms with Gasteiger partial charge in [-0.05, 0) is 36.6 Å². The van der Waals surface area contributed by atoms with Crippen LogP contribution in [0.25, 0.3) is 0 Å². The molecule has 1 aliphatic rings. The van der Waals surface area contributed by atoms with Gasteiger partial charge in [-0.2, -0.15) is 0 Å². The van der Waals surface area contributed by atoms with Crippen molar-refractivity contribution in [2.75, 3.05) is 17.2 Å². The summed E-state index contributed by atoms with van der Waals surface area (Å²) < 4.78 is 0. The second-order valence-corrected chi connectivity index (χ2v) is 4.76. The SMILES string of the molecule is c1csc(Nc2ccc3c(c2)CCCN3)n1. The summed E-state index contributed by atoms with van der Waals surface area (Å²) >= 11 is 1.62. The van der Waals surface area contributed by atoms with Gasteiger partial charge in [0.1, 0.15) is 0 Å². The van der Waals surface area contributed by atoms with E-state index in [-0.39, 0.29) is 0 Å². The summed E-state index contributed by atoms with van der Waals surface area (Å²) in [6.07, 6.45) is 4.19. The van der Waals surface area contributed by atoms with Crippen molar-refractivity contribution in [1.29, 1.82) is 0 Å². The molecule has 2 N–H and O–H groups in total. The van der Waals surface area contributed by atoms with Gasteiger partial charge in [0.15, 0.2) is 5.13 Å². The van der Waals surface area contributed by atoms with Gasteiger partial charge < -0.3 is 10.6 Å². The third-order valence-electron chi connectivity index (χ3n) is 2.73. The predicted molar refractivity (Wildman–Crippen MR) is 68.6 cm³/mol. The molecule has 82 valence electrons. The van der Waals surface area contributed by atoms with E-state index in [0.717, 1.165) is 23.8 Å². The van der Waals surface area contributed by atoms with Crippen LogP contribution in [0.4, 0.5) is 16.5 Å². The summed E-state index contributed by atoms with van der Waals surface area (Å²) in [4.78, 5) is 4.22. The predicted octanol–water partition coefficient (Wildman–Crippen LogP) is 3.24. The summed E-state index contributed by atoms with van der Waals surface area (Å²) in [5.74, 6) is 0. The maximum absolute atomic E-state index is 4.22. The Kier molecular flexibility index (Phi) is 2.50. The monoisotopic (exact) mass is 231 g/mol. The molecule has 0 radical (unpaired) electrons. The highest BCUT2D eigenvalue weighted by atomic mass is 32.1. The van der Waals surface area contributed by atoms with E-state index < -0.39 is 0 Å². The summed E-state index contributed by atoms with van der Waals surface area (Å²) in [6.45, 7) is 1.09. The molecule has 2 aromatic rings. The van der Waals surface area contributed by atoms with Crippen molar-refractivity contribution < 1.29 is 0 Å². The second kappa shape index (κ2) is 4.14. The molecular formula is C12H13N3S. The first-order valence-corrected chi connectivity index (χ1v) is 6.33. The third-order valence-corrected chi connectivity index (χ3v) is 3.42. The van der Waals surface area contributed by atoms with Crippen molar-refractivity contribution in [2.24, 2.45) is 0 Å². The standard InChI is InChI=1S/C12H13N3S/c1-2-9-8-10(3-4-11(9)13-5-1)15-12-14-6-7-16-12/h3-4,6-8,13H,1-2,5H2,(H,14,15). The molecule has 4 heteroatoms. The topological polar surface area (TPSA) is 37.0 Å². The van der Waals surface area contributed by atoms with Crippen LogP contribution < -0.4 is 10.6 Å². The lowest BCUT2D eigenvalue weighted by molar-refractivity contribution is 0.830. The first kappa shape index (κ1) is 9.66. The zero-order valence-electron chi connectivity index (χ0n) is 8.86. The molecule has 0 saturated heterocycles. The largest absolute Gasteiger partial charge is 0.385 e. The minimum atomic E-state index is 0.948. The van der Waals surface area contributed by atoms with Crippen LogP contribution in [0.3, 0.4) is 0 Å². The van der Waals surface area contributed by atoms with E-state index in [4.69, 9.17) is 0 Å². The number of hydrogen-bond donors (Lipinski definition) is 2. The smallest absolute Gasteiger partial charge is 0.187 e. The molecule has 1 aromatic carbocycles. The number of benzene rings is 1. The number of anilines is 3. The molecule has 0 amide bonds. The molecule has 1 aromatic heterocycles. The van der Waals surface area contributed by atoms with Gasteiger partial charge in [-0.1, -0.05) is 0 Å². The summed E-state index contributed by atoms with van der Waals surface area (Å²) in [5, 5.41) is 9.64. The van der Waals surface area contributed by atoms with Gasteiger partial charge in [0.05, 0.1) is 0 Å². The molecule has 2 heterocycles. The van der Waals surface area contributed by atoms with E-state index in [1.807, 2.05) is 11.6 Å². The number of hydrogen-bond acceptors (Lipinski definition) is 4. The molecule has 0 fully saturated rings. The third kappa shape index (κ3) is 1.88. The number of thiazole rings is 1. The van der Waals surface area contributed by atoms with E-state index in [2.05, 4.69) is 33.8 Å². The van der Waals surface area contributed by atoms with Crippen LogP contribution in [-0.2, 0) is 6.42 Å². The summed E-state index contributed by atoms with van der Waals surface area (Å²) in [5.41, 5.74) is 3.79. The Balaban J connectivity index is 1.86. The molecule has 0 bridgehead atoms. The van der Waals surface area contributed by atoms with Gasteiger partial charge in [0.25, 0.3) is 0 Å². The van der Waals surface area contributed by atoms with Gasteiger partial charge in [-0.15, -0.1) is 11.3 Å². The number of aromatic nitrogens is 1. The molecule has 3 rings (SSSR count). The molecule has 16 heavy (non-hydrogen) atoms. The van der Waals surface area contributed by atoms with E-state index in [9.17, 15) is 0 Å². The molecule has 0 aliphatic carbocycles. The van der Waals surface area contributed by atoms with Gasteiger partial charge in [0.2, 0.25) is 0 Å². The highest BCUT2D eigenvalue weighted by molar-refractivity contribution is 7.13. The van der Waals surface area contributed by atoms with Crippen LogP contribution in [0.2, 0.25) is 0 Å². The van der Waals surface area contributed by atoms with Crippen molar-refractivity contribution in [3.8, 4) is 0 Å². The Labute approximate surface area is 98.5 Å². The van der Waals surface area contributed by atoms with Crippen LogP contribution in [0.1, 0.15) is 12.0 Å². The van der Waals surface area contributed by atoms with E-state index in [0.29, 0.717) is 0 Å². The maximum Gasteiger partial charge on any atom is 0.187 e.